The Morgan fingerprint density at radius 2 is 1.95 bits per heavy atom. The van der Waals surface area contributed by atoms with Crippen LogP contribution >= 0.6 is 0 Å². The van der Waals surface area contributed by atoms with Crippen LogP contribution in [-0.4, -0.2) is 4.92 Å². The van der Waals surface area contributed by atoms with Crippen molar-refractivity contribution in [1.29, 1.82) is 5.26 Å². The van der Waals surface area contributed by atoms with Crippen LogP contribution in [0.25, 0.3) is 0 Å². The summed E-state index contributed by atoms with van der Waals surface area (Å²) in [6.45, 7) is 0.343. The molecule has 0 saturated carbocycles. The van der Waals surface area contributed by atoms with Crippen molar-refractivity contribution in [3.63, 3.8) is 0 Å². The molecule has 0 heterocycles. The fraction of sp³-hybridized carbons (Fsp3) is 0.0714. The van der Waals surface area contributed by atoms with E-state index in [9.17, 15) is 14.5 Å². The summed E-state index contributed by atoms with van der Waals surface area (Å²) in [5.41, 5.74) is 1.15. The zero-order chi connectivity index (χ0) is 14.5. The molecule has 2 rings (SSSR count). The molecule has 0 atom stereocenters. The quantitative estimate of drug-likeness (QED) is 0.684. The molecule has 0 unspecified atom stereocenters. The molecule has 5 nitrogen and oxygen atoms in total. The molecule has 6 heteroatoms. The lowest BCUT2D eigenvalue weighted by Gasteiger charge is -2.08. The van der Waals surface area contributed by atoms with Crippen LogP contribution < -0.4 is 5.32 Å². The Balaban J connectivity index is 2.11. The van der Waals surface area contributed by atoms with Gasteiger partial charge in [0.1, 0.15) is 17.4 Å². The number of benzene rings is 2. The zero-order valence-corrected chi connectivity index (χ0v) is 10.3. The van der Waals surface area contributed by atoms with E-state index in [1.54, 1.807) is 24.3 Å². The molecule has 0 bridgehead atoms. The summed E-state index contributed by atoms with van der Waals surface area (Å²) in [7, 11) is 0. The second-order valence-corrected chi connectivity index (χ2v) is 4.05. The third-order valence-corrected chi connectivity index (χ3v) is 2.76. The van der Waals surface area contributed by atoms with Gasteiger partial charge in [-0.2, -0.15) is 5.26 Å². The monoisotopic (exact) mass is 271 g/mol. The molecule has 2 aromatic rings. The van der Waals surface area contributed by atoms with E-state index in [1.165, 1.54) is 24.3 Å². The van der Waals surface area contributed by atoms with Crippen molar-refractivity contribution in [3.8, 4) is 6.07 Å². The van der Waals surface area contributed by atoms with E-state index < -0.39 is 10.7 Å². The molecule has 20 heavy (non-hydrogen) atoms. The second-order valence-electron chi connectivity index (χ2n) is 4.05. The Labute approximate surface area is 114 Å². The molecule has 0 spiro atoms. The number of nitrogens with zero attached hydrogens (tertiary/aromatic N) is 2. The molecule has 2 aromatic carbocycles. The Morgan fingerprint density at radius 1 is 1.25 bits per heavy atom. The average molecular weight is 271 g/mol. The number of rotatable bonds is 4. The molecule has 0 aromatic heterocycles. The highest BCUT2D eigenvalue weighted by molar-refractivity contribution is 5.58. The van der Waals surface area contributed by atoms with Crippen LogP contribution in [0.1, 0.15) is 11.1 Å². The van der Waals surface area contributed by atoms with Crippen molar-refractivity contribution in [2.45, 2.75) is 6.54 Å². The fourth-order valence-electron chi connectivity index (χ4n) is 1.72. The van der Waals surface area contributed by atoms with Gasteiger partial charge in [0.25, 0.3) is 5.69 Å². The number of anilines is 1. The molecule has 0 aliphatic rings. The highest BCUT2D eigenvalue weighted by atomic mass is 19.1. The Hall–Kier alpha value is -2.94. The summed E-state index contributed by atoms with van der Waals surface area (Å²) < 4.78 is 13.4. The van der Waals surface area contributed by atoms with Crippen LogP contribution in [0.15, 0.2) is 42.5 Å². The van der Waals surface area contributed by atoms with E-state index in [2.05, 4.69) is 5.32 Å². The first-order valence-corrected chi connectivity index (χ1v) is 5.77. The number of nitrogens with one attached hydrogen (secondary N) is 1. The van der Waals surface area contributed by atoms with Gasteiger partial charge in [0.05, 0.1) is 10.6 Å². The molecule has 1 N–H and O–H groups in total. The smallest absolute Gasteiger partial charge is 0.269 e. The minimum Gasteiger partial charge on any atom is -0.380 e. The van der Waals surface area contributed by atoms with Gasteiger partial charge in [0.15, 0.2) is 0 Å². The lowest BCUT2D eigenvalue weighted by atomic mass is 10.1. The van der Waals surface area contributed by atoms with Crippen molar-refractivity contribution in [3.05, 3.63) is 69.5 Å². The van der Waals surface area contributed by atoms with Crippen molar-refractivity contribution >= 4 is 11.4 Å². The SMILES string of the molecule is N#Cc1c(F)cccc1NCc1ccc([N+](=O)[O-])cc1. The van der Waals surface area contributed by atoms with Crippen molar-refractivity contribution < 1.29 is 9.31 Å². The van der Waals surface area contributed by atoms with E-state index in [0.717, 1.165) is 5.56 Å². The lowest BCUT2D eigenvalue weighted by molar-refractivity contribution is -0.384. The number of non-ortho nitro benzene ring substituents is 1. The first-order chi connectivity index (χ1) is 9.61. The molecule has 0 amide bonds. The fourth-order valence-corrected chi connectivity index (χ4v) is 1.72. The van der Waals surface area contributed by atoms with E-state index in [1.807, 2.05) is 0 Å². The largest absolute Gasteiger partial charge is 0.380 e. The van der Waals surface area contributed by atoms with Gasteiger partial charge in [0, 0.05) is 18.7 Å². The van der Waals surface area contributed by atoms with Crippen LogP contribution in [0.3, 0.4) is 0 Å². The minimum absolute atomic E-state index is 0.0113. The van der Waals surface area contributed by atoms with Crippen LogP contribution in [0, 0.1) is 27.3 Å². The standard InChI is InChI=1S/C14H10FN3O2/c15-13-2-1-3-14(12(13)8-16)17-9-10-4-6-11(7-5-10)18(19)20/h1-7,17H,9H2. The molecule has 0 radical (unpaired) electrons. The highest BCUT2D eigenvalue weighted by Crippen LogP contribution is 2.19. The Kier molecular flexibility index (Phi) is 3.91. The predicted octanol–water partition coefficient (Wildman–Crippen LogP) is 3.22. The summed E-state index contributed by atoms with van der Waals surface area (Å²) in [4.78, 5) is 10.1. The van der Waals surface area contributed by atoms with Gasteiger partial charge in [0.2, 0.25) is 0 Å². The summed E-state index contributed by atoms with van der Waals surface area (Å²) in [6.07, 6.45) is 0. The van der Waals surface area contributed by atoms with Gasteiger partial charge in [-0.15, -0.1) is 0 Å². The molecular weight excluding hydrogens is 261 g/mol. The minimum atomic E-state index is -0.582. The maximum absolute atomic E-state index is 13.4. The maximum atomic E-state index is 13.4. The molecule has 0 saturated heterocycles. The van der Waals surface area contributed by atoms with Gasteiger partial charge in [-0.25, -0.2) is 4.39 Å². The number of nitro groups is 1. The summed E-state index contributed by atoms with van der Waals surface area (Å²) in [5.74, 6) is -0.582. The highest BCUT2D eigenvalue weighted by Gasteiger charge is 2.08. The average Bonchev–Trinajstić information content (AvgIpc) is 2.45. The van der Waals surface area contributed by atoms with E-state index in [0.29, 0.717) is 12.2 Å². The molecular formula is C14H10FN3O2. The number of hydrogen-bond acceptors (Lipinski definition) is 4. The van der Waals surface area contributed by atoms with Gasteiger partial charge in [-0.3, -0.25) is 10.1 Å². The lowest BCUT2D eigenvalue weighted by Crippen LogP contribution is -2.02. The van der Waals surface area contributed by atoms with Gasteiger partial charge >= 0.3 is 0 Å². The topological polar surface area (TPSA) is 79.0 Å². The summed E-state index contributed by atoms with van der Waals surface area (Å²) in [5, 5.41) is 22.4. The third-order valence-electron chi connectivity index (χ3n) is 2.76. The van der Waals surface area contributed by atoms with Crippen LogP contribution in [0.4, 0.5) is 15.8 Å². The normalized spacial score (nSPS) is 9.80. The second kappa shape index (κ2) is 5.80. The van der Waals surface area contributed by atoms with E-state index >= 15 is 0 Å². The predicted molar refractivity (Wildman–Crippen MR) is 71.5 cm³/mol. The van der Waals surface area contributed by atoms with Crippen molar-refractivity contribution in [1.82, 2.24) is 0 Å². The number of hydrogen-bond donors (Lipinski definition) is 1. The Bertz CT molecular complexity index is 678. The first kappa shape index (κ1) is 13.5. The Morgan fingerprint density at radius 3 is 2.55 bits per heavy atom. The van der Waals surface area contributed by atoms with E-state index in [-0.39, 0.29) is 11.3 Å². The van der Waals surface area contributed by atoms with Gasteiger partial charge in [-0.1, -0.05) is 18.2 Å². The van der Waals surface area contributed by atoms with Crippen LogP contribution in [-0.2, 0) is 6.54 Å². The molecule has 100 valence electrons. The summed E-state index contributed by atoms with van der Waals surface area (Å²) >= 11 is 0. The van der Waals surface area contributed by atoms with Gasteiger partial charge < -0.3 is 5.32 Å². The molecule has 0 aliphatic carbocycles. The first-order valence-electron chi connectivity index (χ1n) is 5.77. The van der Waals surface area contributed by atoms with Gasteiger partial charge in [-0.05, 0) is 17.7 Å². The van der Waals surface area contributed by atoms with Crippen LogP contribution in [0.5, 0.6) is 0 Å². The zero-order valence-electron chi connectivity index (χ0n) is 10.3. The number of nitriles is 1. The number of nitro benzene ring substituents is 1. The number of halogens is 1. The molecule has 0 fully saturated rings. The van der Waals surface area contributed by atoms with E-state index in [4.69, 9.17) is 5.26 Å². The summed E-state index contributed by atoms with van der Waals surface area (Å²) in [6, 6.07) is 12.1. The third kappa shape index (κ3) is 2.90. The van der Waals surface area contributed by atoms with Crippen molar-refractivity contribution in [2.24, 2.45) is 0 Å². The van der Waals surface area contributed by atoms with Crippen molar-refractivity contribution in [2.75, 3.05) is 5.32 Å². The van der Waals surface area contributed by atoms with Crippen LogP contribution in [0.2, 0.25) is 0 Å². The molecule has 0 aliphatic heterocycles. The maximum Gasteiger partial charge on any atom is 0.269 e.